The lowest BCUT2D eigenvalue weighted by Gasteiger charge is -2.40. The Morgan fingerprint density at radius 2 is 1.89 bits per heavy atom. The highest BCUT2D eigenvalue weighted by atomic mass is 16.5. The van der Waals surface area contributed by atoms with Crippen LogP contribution in [0, 0.1) is 30.6 Å². The molecule has 1 aliphatic carbocycles. The van der Waals surface area contributed by atoms with Crippen LogP contribution in [0.4, 0.5) is 5.82 Å². The maximum absolute atomic E-state index is 14.0. The van der Waals surface area contributed by atoms with Crippen molar-refractivity contribution in [2.45, 2.75) is 66.0 Å². The first kappa shape index (κ1) is 24.5. The summed E-state index contributed by atoms with van der Waals surface area (Å²) in [5, 5.41) is 0. The second-order valence-electron chi connectivity index (χ2n) is 11.2. The number of pyridine rings is 1. The van der Waals surface area contributed by atoms with E-state index in [1.165, 1.54) is 0 Å². The quantitative estimate of drug-likeness (QED) is 0.513. The summed E-state index contributed by atoms with van der Waals surface area (Å²) in [6, 6.07) is 10.9. The standard InChI is InChI=1S/C30H36N2O4/c1-17(2)10-12-35-22-8-6-7-21(16-22)27-26-28(33)23-14-19(4)20(5)15-24(23)36-29(26)30(34)32(27)25-13-18(3)9-11-31-25/h6-9,11,13,16-17,19-20,23-24,27H,10,12,14-15H2,1-5H3. The minimum atomic E-state index is -0.599. The highest BCUT2D eigenvalue weighted by Crippen LogP contribution is 2.49. The molecule has 0 radical (unpaired) electrons. The van der Waals surface area contributed by atoms with E-state index < -0.39 is 6.04 Å². The maximum atomic E-state index is 14.0. The first-order valence-electron chi connectivity index (χ1n) is 13.2. The number of aryl methyl sites for hydroxylation is 1. The fourth-order valence-electron chi connectivity index (χ4n) is 5.65. The summed E-state index contributed by atoms with van der Waals surface area (Å²) in [7, 11) is 0. The van der Waals surface area contributed by atoms with Crippen LogP contribution < -0.4 is 9.64 Å². The molecule has 6 heteroatoms. The largest absolute Gasteiger partial charge is 0.494 e. The summed E-state index contributed by atoms with van der Waals surface area (Å²) in [5.74, 6) is 2.40. The molecule has 3 aliphatic rings. The van der Waals surface area contributed by atoms with E-state index in [0.717, 1.165) is 36.1 Å². The molecule has 1 saturated carbocycles. The minimum Gasteiger partial charge on any atom is -0.494 e. The van der Waals surface area contributed by atoms with Gasteiger partial charge in [-0.15, -0.1) is 0 Å². The topological polar surface area (TPSA) is 68.7 Å². The molecule has 5 atom stereocenters. The lowest BCUT2D eigenvalue weighted by atomic mass is 9.70. The van der Waals surface area contributed by atoms with Crippen molar-refractivity contribution in [2.24, 2.45) is 23.7 Å². The van der Waals surface area contributed by atoms with Crippen LogP contribution in [0.1, 0.15) is 64.1 Å². The SMILES string of the molecule is Cc1ccnc(N2C(=O)C3=C(C(=O)C4CC(C)C(C)CC4O3)C2c2cccc(OCCC(C)C)c2)c1. The zero-order chi connectivity index (χ0) is 25.6. The minimum absolute atomic E-state index is 0.0413. The molecule has 0 bridgehead atoms. The van der Waals surface area contributed by atoms with E-state index in [4.69, 9.17) is 9.47 Å². The molecule has 2 aliphatic heterocycles. The maximum Gasteiger partial charge on any atom is 0.295 e. The molecule has 1 aromatic carbocycles. The lowest BCUT2D eigenvalue weighted by Crippen LogP contribution is -2.43. The predicted molar refractivity (Wildman–Crippen MR) is 139 cm³/mol. The normalized spacial score (nSPS) is 27.7. The average Bonchev–Trinajstić information content (AvgIpc) is 3.13. The van der Waals surface area contributed by atoms with Crippen molar-refractivity contribution < 1.29 is 19.1 Å². The summed E-state index contributed by atoms with van der Waals surface area (Å²) in [6.45, 7) is 11.3. The summed E-state index contributed by atoms with van der Waals surface area (Å²) in [5.41, 5.74) is 2.28. The average molecular weight is 489 g/mol. The van der Waals surface area contributed by atoms with Crippen LogP contribution in [0.5, 0.6) is 5.75 Å². The van der Waals surface area contributed by atoms with Gasteiger partial charge in [-0.25, -0.2) is 4.98 Å². The molecule has 5 unspecified atom stereocenters. The second kappa shape index (κ2) is 9.72. The Bertz CT molecular complexity index is 1200. The Kier molecular flexibility index (Phi) is 6.62. The number of aromatic nitrogens is 1. The number of carbonyl (C=O) groups is 2. The van der Waals surface area contributed by atoms with Crippen molar-refractivity contribution in [1.29, 1.82) is 0 Å². The molecule has 6 nitrogen and oxygen atoms in total. The Labute approximate surface area is 213 Å². The summed E-state index contributed by atoms with van der Waals surface area (Å²) >= 11 is 0. The van der Waals surface area contributed by atoms with E-state index in [9.17, 15) is 9.59 Å². The van der Waals surface area contributed by atoms with Crippen LogP contribution in [-0.4, -0.2) is 29.4 Å². The number of carbonyl (C=O) groups excluding carboxylic acids is 2. The molecule has 0 spiro atoms. The Morgan fingerprint density at radius 3 is 2.64 bits per heavy atom. The third kappa shape index (κ3) is 4.42. The number of benzene rings is 1. The smallest absolute Gasteiger partial charge is 0.295 e. The van der Waals surface area contributed by atoms with E-state index in [-0.39, 0.29) is 29.5 Å². The molecule has 1 amide bonds. The number of hydrogen-bond acceptors (Lipinski definition) is 5. The van der Waals surface area contributed by atoms with Crippen molar-refractivity contribution in [2.75, 3.05) is 11.5 Å². The summed E-state index contributed by atoms with van der Waals surface area (Å²) < 4.78 is 12.4. The van der Waals surface area contributed by atoms with Gasteiger partial charge in [0, 0.05) is 6.20 Å². The van der Waals surface area contributed by atoms with E-state index in [2.05, 4.69) is 32.7 Å². The van der Waals surface area contributed by atoms with Crippen LogP contribution >= 0.6 is 0 Å². The number of rotatable bonds is 6. The molecular weight excluding hydrogens is 452 g/mol. The zero-order valence-corrected chi connectivity index (χ0v) is 21.9. The molecule has 3 heterocycles. The van der Waals surface area contributed by atoms with Gasteiger partial charge in [0.15, 0.2) is 11.5 Å². The number of Topliss-reactive ketones (excluding diaryl/α,β-unsaturated/α-hetero) is 1. The number of fused-ring (bicyclic) bond motifs is 1. The van der Waals surface area contributed by atoms with E-state index >= 15 is 0 Å². The predicted octanol–water partition coefficient (Wildman–Crippen LogP) is 5.81. The number of ketones is 1. The number of ether oxygens (including phenoxy) is 2. The Morgan fingerprint density at radius 1 is 1.11 bits per heavy atom. The molecule has 190 valence electrons. The molecule has 1 fully saturated rings. The molecule has 0 saturated heterocycles. The molecule has 2 aromatic rings. The van der Waals surface area contributed by atoms with Gasteiger partial charge in [-0.1, -0.05) is 39.8 Å². The molecule has 1 aromatic heterocycles. The molecule has 5 rings (SSSR count). The van der Waals surface area contributed by atoms with Crippen molar-refractivity contribution in [3.8, 4) is 5.75 Å². The number of anilines is 1. The lowest BCUT2D eigenvalue weighted by molar-refractivity contribution is -0.134. The monoisotopic (exact) mass is 488 g/mol. The second-order valence-corrected chi connectivity index (χ2v) is 11.2. The number of hydrogen-bond donors (Lipinski definition) is 0. The third-order valence-electron chi connectivity index (χ3n) is 8.00. The van der Waals surface area contributed by atoms with Crippen LogP contribution in [0.3, 0.4) is 0 Å². The van der Waals surface area contributed by atoms with Gasteiger partial charge in [-0.2, -0.15) is 0 Å². The molecular formula is C30H36N2O4. The molecule has 0 N–H and O–H groups in total. The van der Waals surface area contributed by atoms with Crippen LogP contribution in [0.25, 0.3) is 0 Å². The number of nitrogens with zero attached hydrogens (tertiary/aromatic N) is 2. The van der Waals surface area contributed by atoms with Gasteiger partial charge in [-0.3, -0.25) is 14.5 Å². The fraction of sp³-hybridized carbons (Fsp3) is 0.500. The Hall–Kier alpha value is -3.15. The van der Waals surface area contributed by atoms with Gasteiger partial charge in [0.1, 0.15) is 17.7 Å². The van der Waals surface area contributed by atoms with E-state index in [0.29, 0.717) is 35.8 Å². The van der Waals surface area contributed by atoms with E-state index in [1.54, 1.807) is 11.1 Å². The van der Waals surface area contributed by atoms with Crippen molar-refractivity contribution in [1.82, 2.24) is 4.98 Å². The van der Waals surface area contributed by atoms with Gasteiger partial charge in [-0.05, 0) is 79.3 Å². The van der Waals surface area contributed by atoms with Crippen molar-refractivity contribution in [3.05, 3.63) is 65.1 Å². The highest BCUT2D eigenvalue weighted by molar-refractivity contribution is 6.17. The number of amides is 1. The fourth-order valence-corrected chi connectivity index (χ4v) is 5.65. The van der Waals surface area contributed by atoms with Gasteiger partial charge >= 0.3 is 0 Å². The van der Waals surface area contributed by atoms with Crippen LogP contribution in [0.15, 0.2) is 53.9 Å². The summed E-state index contributed by atoms with van der Waals surface area (Å²) in [6.07, 6.45) is 3.97. The first-order valence-corrected chi connectivity index (χ1v) is 13.2. The molecule has 36 heavy (non-hydrogen) atoms. The first-order chi connectivity index (χ1) is 17.2. The van der Waals surface area contributed by atoms with Gasteiger partial charge in [0.05, 0.1) is 24.1 Å². The van der Waals surface area contributed by atoms with Crippen molar-refractivity contribution >= 4 is 17.5 Å². The van der Waals surface area contributed by atoms with Gasteiger partial charge < -0.3 is 9.47 Å². The van der Waals surface area contributed by atoms with Crippen LogP contribution in [-0.2, 0) is 14.3 Å². The van der Waals surface area contributed by atoms with Crippen LogP contribution in [0.2, 0.25) is 0 Å². The zero-order valence-electron chi connectivity index (χ0n) is 21.9. The van der Waals surface area contributed by atoms with Gasteiger partial charge in [0.25, 0.3) is 5.91 Å². The Balaban J connectivity index is 1.57. The van der Waals surface area contributed by atoms with E-state index in [1.807, 2.05) is 43.3 Å². The summed E-state index contributed by atoms with van der Waals surface area (Å²) in [4.78, 5) is 34.0. The highest BCUT2D eigenvalue weighted by Gasteiger charge is 2.54. The van der Waals surface area contributed by atoms with Crippen molar-refractivity contribution in [3.63, 3.8) is 0 Å². The van der Waals surface area contributed by atoms with Gasteiger partial charge in [0.2, 0.25) is 0 Å². The third-order valence-corrected chi connectivity index (χ3v) is 8.00.